The van der Waals surface area contributed by atoms with Gasteiger partial charge in [-0.1, -0.05) is 47.5 Å². The number of carbonyl (C=O) groups is 1. The summed E-state index contributed by atoms with van der Waals surface area (Å²) in [6.07, 6.45) is 1.00. The minimum atomic E-state index is -1.02. The first-order valence-electron chi connectivity index (χ1n) is 8.21. The summed E-state index contributed by atoms with van der Waals surface area (Å²) in [6.45, 7) is 0.302. The Morgan fingerprint density at radius 1 is 1.11 bits per heavy atom. The van der Waals surface area contributed by atoms with E-state index in [1.165, 1.54) is 11.1 Å². The van der Waals surface area contributed by atoms with E-state index in [0.29, 0.717) is 16.6 Å². The lowest BCUT2D eigenvalue weighted by Gasteiger charge is -2.32. The van der Waals surface area contributed by atoms with Crippen molar-refractivity contribution in [3.8, 4) is 0 Å². The molecule has 1 aliphatic carbocycles. The van der Waals surface area contributed by atoms with Gasteiger partial charge in [0.15, 0.2) is 0 Å². The number of rotatable bonds is 4. The average molecular weight is 433 g/mol. The summed E-state index contributed by atoms with van der Waals surface area (Å²) >= 11 is 12.3. The Hall–Kier alpha value is -1.50. The predicted octanol–water partition coefficient (Wildman–Crippen LogP) is 5.53. The first-order valence-corrected chi connectivity index (χ1v) is 8.97. The van der Waals surface area contributed by atoms with E-state index in [4.69, 9.17) is 28.3 Å². The zero-order valence-electron chi connectivity index (χ0n) is 15.0. The fraction of sp³-hybridized carbons (Fsp3) is 0.316. The van der Waals surface area contributed by atoms with Crippen LogP contribution in [-0.4, -0.2) is 18.2 Å². The van der Waals surface area contributed by atoms with Crippen molar-refractivity contribution in [2.45, 2.75) is 31.3 Å². The van der Waals surface area contributed by atoms with E-state index in [1.807, 2.05) is 31.3 Å². The van der Waals surface area contributed by atoms with E-state index in [0.717, 1.165) is 24.0 Å². The van der Waals surface area contributed by atoms with Gasteiger partial charge in [0.1, 0.15) is 0 Å². The van der Waals surface area contributed by atoms with Gasteiger partial charge in [0.2, 0.25) is 0 Å². The van der Waals surface area contributed by atoms with Crippen molar-refractivity contribution in [1.82, 2.24) is 16.8 Å². The summed E-state index contributed by atoms with van der Waals surface area (Å²) < 4.78 is 0. The molecular weight excluding hydrogens is 409 g/mol. The Labute approximate surface area is 175 Å². The van der Waals surface area contributed by atoms with E-state index in [2.05, 4.69) is 22.8 Å². The van der Waals surface area contributed by atoms with Crippen molar-refractivity contribution in [3.05, 3.63) is 68.7 Å². The molecule has 0 radical (unpaired) electrons. The number of fused-ring (bicyclic) bond motifs is 1. The molecule has 1 amide bonds. The molecule has 0 aromatic heterocycles. The maximum Gasteiger partial charge on any atom is 0.404 e. The molecular formula is C19H24Cl3N3O2. The molecule has 2 aromatic carbocycles. The summed E-state index contributed by atoms with van der Waals surface area (Å²) in [5, 5.41) is 15.7. The van der Waals surface area contributed by atoms with Crippen molar-refractivity contribution in [2.75, 3.05) is 7.05 Å². The van der Waals surface area contributed by atoms with E-state index < -0.39 is 6.09 Å². The predicted molar refractivity (Wildman–Crippen MR) is 113 cm³/mol. The third kappa shape index (κ3) is 5.27. The van der Waals surface area contributed by atoms with Gasteiger partial charge in [0.25, 0.3) is 0 Å². The Balaban J connectivity index is 0.00000182. The summed E-state index contributed by atoms with van der Waals surface area (Å²) in [5.41, 5.74) is 4.58. The quantitative estimate of drug-likeness (QED) is 0.510. The van der Waals surface area contributed by atoms with Crippen molar-refractivity contribution in [2.24, 2.45) is 0 Å². The van der Waals surface area contributed by atoms with E-state index in [-0.39, 0.29) is 30.5 Å². The summed E-state index contributed by atoms with van der Waals surface area (Å²) in [5.74, 6) is 0.260. The van der Waals surface area contributed by atoms with Crippen LogP contribution >= 0.6 is 35.6 Å². The highest BCUT2D eigenvalue weighted by Crippen LogP contribution is 2.42. The van der Waals surface area contributed by atoms with Crippen LogP contribution in [0, 0.1) is 0 Å². The number of halogens is 3. The monoisotopic (exact) mass is 431 g/mol. The van der Waals surface area contributed by atoms with Crippen LogP contribution in [0.3, 0.4) is 0 Å². The zero-order valence-corrected chi connectivity index (χ0v) is 17.3. The van der Waals surface area contributed by atoms with Gasteiger partial charge in [-0.3, -0.25) is 0 Å². The molecule has 3 rings (SSSR count). The SMILES string of the molecule is CN[C@H]1CCC(c2ccc(Cl)c(Cl)c2)c2ccc(CNC(=O)O)cc21.Cl.N. The highest BCUT2D eigenvalue weighted by Gasteiger charge is 2.28. The molecule has 5 nitrogen and oxygen atoms in total. The highest BCUT2D eigenvalue weighted by atomic mass is 35.5. The largest absolute Gasteiger partial charge is 0.465 e. The van der Waals surface area contributed by atoms with Crippen molar-refractivity contribution in [3.63, 3.8) is 0 Å². The molecule has 0 bridgehead atoms. The minimum absolute atomic E-state index is 0. The maximum atomic E-state index is 10.7. The normalized spacial score (nSPS) is 17.9. The van der Waals surface area contributed by atoms with Crippen LogP contribution in [0.4, 0.5) is 4.79 Å². The molecule has 0 saturated heterocycles. The lowest BCUT2D eigenvalue weighted by Crippen LogP contribution is -2.25. The fourth-order valence-corrected chi connectivity index (χ4v) is 3.86. The molecule has 0 heterocycles. The van der Waals surface area contributed by atoms with E-state index in [1.54, 1.807) is 0 Å². The van der Waals surface area contributed by atoms with Gasteiger partial charge in [0, 0.05) is 18.5 Å². The van der Waals surface area contributed by atoms with Crippen molar-refractivity contribution >= 4 is 41.7 Å². The van der Waals surface area contributed by atoms with Crippen LogP contribution in [0.1, 0.15) is 47.1 Å². The van der Waals surface area contributed by atoms with Crippen LogP contribution < -0.4 is 16.8 Å². The first kappa shape index (κ1) is 23.5. The molecule has 0 saturated carbocycles. The van der Waals surface area contributed by atoms with E-state index >= 15 is 0 Å². The average Bonchev–Trinajstić information content (AvgIpc) is 2.61. The fourth-order valence-electron chi connectivity index (χ4n) is 3.55. The van der Waals surface area contributed by atoms with Crippen LogP contribution in [0.15, 0.2) is 36.4 Å². The zero-order chi connectivity index (χ0) is 18.0. The Morgan fingerprint density at radius 3 is 2.48 bits per heavy atom. The van der Waals surface area contributed by atoms with Crippen molar-refractivity contribution < 1.29 is 9.90 Å². The van der Waals surface area contributed by atoms with Crippen molar-refractivity contribution in [1.29, 1.82) is 0 Å². The van der Waals surface area contributed by atoms with Crippen LogP contribution in [-0.2, 0) is 6.54 Å². The maximum absolute atomic E-state index is 10.7. The van der Waals surface area contributed by atoms with Gasteiger partial charge >= 0.3 is 6.09 Å². The molecule has 0 fully saturated rings. The Bertz CT molecular complexity index is 802. The second-order valence-corrected chi connectivity index (χ2v) is 7.08. The summed E-state index contributed by atoms with van der Waals surface area (Å²) in [6, 6.07) is 12.3. The first-order chi connectivity index (χ1) is 12.0. The van der Waals surface area contributed by atoms with Gasteiger partial charge in [-0.15, -0.1) is 12.4 Å². The standard InChI is InChI=1S/C19H20Cl2N2O2.ClH.H3N/c1-22-18-7-5-13(12-3-6-16(20)17(21)9-12)14-4-2-11(8-15(14)18)10-23-19(24)25;;/h2-4,6,8-9,13,18,22-23H,5,7,10H2,1H3,(H,24,25);1H;1H3/t13?,18-;;/m0../s1. The molecule has 148 valence electrons. The van der Waals surface area contributed by atoms with Crippen LogP contribution in [0.25, 0.3) is 0 Å². The van der Waals surface area contributed by atoms with Gasteiger partial charge in [-0.05, 0) is 54.3 Å². The molecule has 8 heteroatoms. The van der Waals surface area contributed by atoms with Gasteiger partial charge in [-0.2, -0.15) is 0 Å². The number of hydrogen-bond donors (Lipinski definition) is 4. The number of benzene rings is 2. The molecule has 2 aromatic rings. The molecule has 0 aliphatic heterocycles. The molecule has 6 N–H and O–H groups in total. The summed E-state index contributed by atoms with van der Waals surface area (Å²) in [7, 11) is 1.95. The molecule has 0 spiro atoms. The topological polar surface area (TPSA) is 96.4 Å². The van der Waals surface area contributed by atoms with Crippen LogP contribution in [0.5, 0.6) is 0 Å². The molecule has 1 unspecified atom stereocenters. The minimum Gasteiger partial charge on any atom is -0.465 e. The highest BCUT2D eigenvalue weighted by molar-refractivity contribution is 6.42. The van der Waals surface area contributed by atoms with Gasteiger partial charge in [-0.25, -0.2) is 4.79 Å². The third-order valence-electron chi connectivity index (χ3n) is 4.78. The Morgan fingerprint density at radius 2 is 1.85 bits per heavy atom. The number of carboxylic acid groups (broad SMARTS) is 1. The smallest absolute Gasteiger partial charge is 0.404 e. The number of amides is 1. The number of hydrogen-bond acceptors (Lipinski definition) is 3. The van der Waals surface area contributed by atoms with Crippen LogP contribution in [0.2, 0.25) is 10.0 Å². The lowest BCUT2D eigenvalue weighted by molar-refractivity contribution is 0.194. The second kappa shape index (κ2) is 10.2. The molecule has 2 atom stereocenters. The van der Waals surface area contributed by atoms with E-state index in [9.17, 15) is 4.79 Å². The second-order valence-electron chi connectivity index (χ2n) is 6.27. The number of nitrogens with one attached hydrogen (secondary N) is 2. The van der Waals surface area contributed by atoms with Gasteiger partial charge in [0.05, 0.1) is 10.0 Å². The lowest BCUT2D eigenvalue weighted by atomic mass is 9.76. The molecule has 1 aliphatic rings. The third-order valence-corrected chi connectivity index (χ3v) is 5.52. The summed E-state index contributed by atoms with van der Waals surface area (Å²) in [4.78, 5) is 10.7. The van der Waals surface area contributed by atoms with Gasteiger partial charge < -0.3 is 21.9 Å². The Kier molecular flexibility index (Phi) is 8.85. The molecule has 27 heavy (non-hydrogen) atoms.